The summed E-state index contributed by atoms with van der Waals surface area (Å²) < 4.78 is 0. The van der Waals surface area contributed by atoms with E-state index >= 15 is 0 Å². The maximum atomic E-state index is 6.05. The fourth-order valence-corrected chi connectivity index (χ4v) is 3.29. The average molecular weight is 194 g/mol. The second kappa shape index (κ2) is 2.79. The fourth-order valence-electron chi connectivity index (χ4n) is 1.98. The molecule has 3 heteroatoms. The molecule has 0 aromatic carbocycles. The molecule has 1 aromatic heterocycles. The summed E-state index contributed by atoms with van der Waals surface area (Å²) in [6, 6.07) is 0.286. The van der Waals surface area contributed by atoms with Crippen molar-refractivity contribution >= 4 is 11.3 Å². The fraction of sp³-hybridized carbons (Fsp3) is 0.700. The van der Waals surface area contributed by atoms with Crippen molar-refractivity contribution in [2.75, 3.05) is 0 Å². The zero-order valence-electron chi connectivity index (χ0n) is 7.62. The van der Waals surface area contributed by atoms with Gasteiger partial charge in [0.15, 0.2) is 0 Å². The molecule has 2 aliphatic carbocycles. The molecule has 1 aromatic rings. The van der Waals surface area contributed by atoms with Crippen molar-refractivity contribution in [2.24, 2.45) is 5.73 Å². The van der Waals surface area contributed by atoms with E-state index in [9.17, 15) is 0 Å². The molecular weight excluding hydrogens is 180 g/mol. The van der Waals surface area contributed by atoms with Crippen LogP contribution in [0.2, 0.25) is 0 Å². The van der Waals surface area contributed by atoms with Gasteiger partial charge in [-0.15, -0.1) is 11.3 Å². The Balaban J connectivity index is 1.99. The van der Waals surface area contributed by atoms with Crippen LogP contribution in [0.15, 0.2) is 0 Å². The molecule has 1 fully saturated rings. The third kappa shape index (κ3) is 1.30. The molecule has 0 spiro atoms. The number of aryl methyl sites for hydroxylation is 1. The average Bonchev–Trinajstić information content (AvgIpc) is 2.87. The van der Waals surface area contributed by atoms with Gasteiger partial charge in [0.25, 0.3) is 0 Å². The summed E-state index contributed by atoms with van der Waals surface area (Å²) in [4.78, 5) is 6.08. The second-order valence-electron chi connectivity index (χ2n) is 4.14. The summed E-state index contributed by atoms with van der Waals surface area (Å²) in [7, 11) is 0. The van der Waals surface area contributed by atoms with E-state index < -0.39 is 0 Å². The van der Waals surface area contributed by atoms with Gasteiger partial charge in [-0.05, 0) is 32.1 Å². The van der Waals surface area contributed by atoms with Crippen LogP contribution in [0.4, 0.5) is 0 Å². The van der Waals surface area contributed by atoms with Crippen molar-refractivity contribution in [1.82, 2.24) is 4.98 Å². The molecular formula is C10H14N2S. The number of aromatic nitrogens is 1. The van der Waals surface area contributed by atoms with E-state index in [1.807, 2.05) is 11.3 Å². The minimum Gasteiger partial charge on any atom is -0.323 e. The minimum atomic E-state index is 0.286. The Hall–Kier alpha value is -0.410. The third-order valence-corrected chi connectivity index (χ3v) is 4.33. The van der Waals surface area contributed by atoms with Crippen LogP contribution in [0.3, 0.4) is 0 Å². The van der Waals surface area contributed by atoms with Crippen molar-refractivity contribution in [3.8, 4) is 0 Å². The molecule has 13 heavy (non-hydrogen) atoms. The first kappa shape index (κ1) is 7.94. The highest BCUT2D eigenvalue weighted by Crippen LogP contribution is 2.44. The zero-order valence-corrected chi connectivity index (χ0v) is 8.44. The monoisotopic (exact) mass is 194 g/mol. The molecule has 70 valence electrons. The van der Waals surface area contributed by atoms with E-state index in [-0.39, 0.29) is 6.04 Å². The Morgan fingerprint density at radius 2 is 2.15 bits per heavy atom. The first-order chi connectivity index (χ1) is 6.34. The predicted molar refractivity (Wildman–Crippen MR) is 54.0 cm³/mol. The number of hydrogen-bond acceptors (Lipinski definition) is 3. The molecule has 1 atom stereocenters. The van der Waals surface area contributed by atoms with Gasteiger partial charge in [-0.3, -0.25) is 0 Å². The van der Waals surface area contributed by atoms with Gasteiger partial charge in [-0.1, -0.05) is 0 Å². The van der Waals surface area contributed by atoms with Gasteiger partial charge in [0.05, 0.1) is 10.7 Å². The Labute approximate surface area is 82.2 Å². The Morgan fingerprint density at radius 1 is 1.31 bits per heavy atom. The molecule has 0 amide bonds. The van der Waals surface area contributed by atoms with E-state index in [2.05, 4.69) is 0 Å². The number of rotatable bonds is 1. The van der Waals surface area contributed by atoms with Gasteiger partial charge in [-0.25, -0.2) is 4.98 Å². The maximum Gasteiger partial charge on any atom is 0.0962 e. The molecule has 0 saturated heterocycles. The van der Waals surface area contributed by atoms with Crippen LogP contribution in [0.25, 0.3) is 0 Å². The Kier molecular flexibility index (Phi) is 1.70. The molecule has 3 rings (SSSR count). The smallest absolute Gasteiger partial charge is 0.0962 e. The lowest BCUT2D eigenvalue weighted by Crippen LogP contribution is -2.15. The molecule has 1 saturated carbocycles. The van der Waals surface area contributed by atoms with Gasteiger partial charge >= 0.3 is 0 Å². The zero-order chi connectivity index (χ0) is 8.84. The normalized spacial score (nSPS) is 27.3. The highest BCUT2D eigenvalue weighted by atomic mass is 32.1. The summed E-state index contributed by atoms with van der Waals surface area (Å²) in [5, 5.41) is 1.36. The Morgan fingerprint density at radius 3 is 2.85 bits per heavy atom. The largest absolute Gasteiger partial charge is 0.323 e. The molecule has 0 radical (unpaired) electrons. The van der Waals surface area contributed by atoms with Crippen LogP contribution in [0.1, 0.15) is 53.2 Å². The van der Waals surface area contributed by atoms with E-state index in [4.69, 9.17) is 10.7 Å². The molecule has 1 heterocycles. The minimum absolute atomic E-state index is 0.286. The number of nitrogens with zero attached hydrogens (tertiary/aromatic N) is 1. The summed E-state index contributed by atoms with van der Waals surface area (Å²) in [6.45, 7) is 0. The Bertz CT molecular complexity index is 328. The summed E-state index contributed by atoms with van der Waals surface area (Å²) in [5.74, 6) is 0.794. The van der Waals surface area contributed by atoms with Crippen LogP contribution in [-0.2, 0) is 6.42 Å². The maximum absolute atomic E-state index is 6.05. The number of nitrogens with two attached hydrogens (primary N) is 1. The quantitative estimate of drug-likeness (QED) is 0.745. The van der Waals surface area contributed by atoms with Crippen molar-refractivity contribution in [3.05, 3.63) is 15.6 Å². The molecule has 2 nitrogen and oxygen atoms in total. The summed E-state index contributed by atoms with van der Waals surface area (Å²) in [5.41, 5.74) is 7.36. The first-order valence-electron chi connectivity index (χ1n) is 5.09. The second-order valence-corrected chi connectivity index (χ2v) is 5.20. The number of hydrogen-bond donors (Lipinski definition) is 1. The van der Waals surface area contributed by atoms with Crippen molar-refractivity contribution < 1.29 is 0 Å². The topological polar surface area (TPSA) is 38.9 Å². The number of thiazole rings is 1. The molecule has 2 N–H and O–H groups in total. The van der Waals surface area contributed by atoms with Crippen molar-refractivity contribution in [2.45, 2.75) is 44.1 Å². The van der Waals surface area contributed by atoms with Gasteiger partial charge in [0.1, 0.15) is 0 Å². The predicted octanol–water partition coefficient (Wildman–Crippen LogP) is 2.36. The van der Waals surface area contributed by atoms with Crippen LogP contribution >= 0.6 is 11.3 Å². The van der Waals surface area contributed by atoms with Gasteiger partial charge in [0, 0.05) is 16.8 Å². The third-order valence-electron chi connectivity index (χ3n) is 2.94. The van der Waals surface area contributed by atoms with E-state index in [1.165, 1.54) is 34.8 Å². The van der Waals surface area contributed by atoms with Crippen LogP contribution in [-0.4, -0.2) is 4.98 Å². The van der Waals surface area contributed by atoms with Crippen LogP contribution < -0.4 is 5.73 Å². The highest BCUT2D eigenvalue weighted by Gasteiger charge is 2.30. The van der Waals surface area contributed by atoms with Crippen LogP contribution in [0.5, 0.6) is 0 Å². The van der Waals surface area contributed by atoms with Crippen LogP contribution in [0, 0.1) is 0 Å². The van der Waals surface area contributed by atoms with Gasteiger partial charge in [-0.2, -0.15) is 0 Å². The van der Waals surface area contributed by atoms with Crippen molar-refractivity contribution in [1.29, 1.82) is 0 Å². The molecule has 1 unspecified atom stereocenters. The lowest BCUT2D eigenvalue weighted by atomic mass is 9.99. The lowest BCUT2D eigenvalue weighted by molar-refractivity contribution is 0.573. The van der Waals surface area contributed by atoms with E-state index in [0.717, 1.165) is 18.8 Å². The SMILES string of the molecule is NC1CCCc2nc(C3CC3)sc21. The first-order valence-corrected chi connectivity index (χ1v) is 5.91. The molecule has 2 aliphatic rings. The number of fused-ring (bicyclic) bond motifs is 1. The standard InChI is InChI=1S/C10H14N2S/c11-7-2-1-3-8-9(7)13-10(12-8)6-4-5-6/h6-7H,1-5,11H2. The lowest BCUT2D eigenvalue weighted by Gasteiger charge is -2.15. The van der Waals surface area contributed by atoms with E-state index in [0.29, 0.717) is 0 Å². The van der Waals surface area contributed by atoms with Gasteiger partial charge < -0.3 is 5.73 Å². The van der Waals surface area contributed by atoms with E-state index in [1.54, 1.807) is 0 Å². The summed E-state index contributed by atoms with van der Waals surface area (Å²) in [6.07, 6.45) is 6.23. The molecule has 0 bridgehead atoms. The van der Waals surface area contributed by atoms with Crippen molar-refractivity contribution in [3.63, 3.8) is 0 Å². The summed E-state index contributed by atoms with van der Waals surface area (Å²) >= 11 is 1.88. The molecule has 0 aliphatic heterocycles. The highest BCUT2D eigenvalue weighted by molar-refractivity contribution is 7.12. The van der Waals surface area contributed by atoms with Gasteiger partial charge in [0.2, 0.25) is 0 Å².